The first-order valence-corrected chi connectivity index (χ1v) is 8.86. The van der Waals surface area contributed by atoms with E-state index < -0.39 is 22.9 Å². The summed E-state index contributed by atoms with van der Waals surface area (Å²) in [4.78, 5) is 40.5. The van der Waals surface area contributed by atoms with E-state index in [-0.39, 0.29) is 18.8 Å². The molecule has 0 heterocycles. The third-order valence-electron chi connectivity index (χ3n) is 3.69. The van der Waals surface area contributed by atoms with Crippen molar-refractivity contribution in [2.45, 2.75) is 70.9 Å². The number of hydrogen-bond acceptors (Lipinski definition) is 9. The van der Waals surface area contributed by atoms with Gasteiger partial charge in [0.25, 0.3) is 10.2 Å². The summed E-state index contributed by atoms with van der Waals surface area (Å²) < 4.78 is 5.11. The van der Waals surface area contributed by atoms with Crippen molar-refractivity contribution in [1.29, 1.82) is 0 Å². The molecule has 0 saturated heterocycles. The Labute approximate surface area is 152 Å². The lowest BCUT2D eigenvalue weighted by molar-refractivity contribution is -0.790. The third kappa shape index (κ3) is 14.2. The van der Waals surface area contributed by atoms with Crippen molar-refractivity contribution < 1.29 is 29.4 Å². The van der Waals surface area contributed by atoms with Gasteiger partial charge in [0.2, 0.25) is 0 Å². The second-order valence-corrected chi connectivity index (χ2v) is 5.78. The van der Waals surface area contributed by atoms with Crippen molar-refractivity contribution in [3.8, 4) is 0 Å². The van der Waals surface area contributed by atoms with E-state index >= 15 is 0 Å². The zero-order valence-electron chi connectivity index (χ0n) is 15.4. The second kappa shape index (κ2) is 15.1. The maximum absolute atomic E-state index is 11.6. The SMILES string of the molecule is CCCC(CC)NCCOC(=O)CCCCC(CO[N+](=O)[O-])O[N+](=O)[O-]. The minimum Gasteiger partial charge on any atom is -0.464 e. The van der Waals surface area contributed by atoms with Gasteiger partial charge in [-0.1, -0.05) is 26.7 Å². The summed E-state index contributed by atoms with van der Waals surface area (Å²) in [5.41, 5.74) is 0. The Balaban J connectivity index is 3.83. The molecule has 0 aromatic carbocycles. The summed E-state index contributed by atoms with van der Waals surface area (Å²) in [6, 6.07) is 0.429. The second-order valence-electron chi connectivity index (χ2n) is 5.78. The topological polar surface area (TPSA) is 143 Å². The number of nitrogens with one attached hydrogen (secondary N) is 1. The van der Waals surface area contributed by atoms with Gasteiger partial charge in [0.15, 0.2) is 0 Å². The van der Waals surface area contributed by atoms with Gasteiger partial charge in [0.05, 0.1) is 0 Å². The summed E-state index contributed by atoms with van der Waals surface area (Å²) in [6.45, 7) is 4.59. The van der Waals surface area contributed by atoms with Gasteiger partial charge >= 0.3 is 5.97 Å². The largest absolute Gasteiger partial charge is 0.464 e. The molecule has 0 aromatic heterocycles. The Morgan fingerprint density at radius 1 is 1.12 bits per heavy atom. The van der Waals surface area contributed by atoms with Crippen LogP contribution in [0.25, 0.3) is 0 Å². The molecule has 0 aromatic rings. The molecule has 2 atom stereocenters. The summed E-state index contributed by atoms with van der Waals surface area (Å²) in [6.07, 6.45) is 3.36. The molecule has 0 fully saturated rings. The molecule has 0 radical (unpaired) electrons. The van der Waals surface area contributed by atoms with Crippen LogP contribution in [0.3, 0.4) is 0 Å². The molecule has 2 unspecified atom stereocenters. The molecule has 0 aliphatic heterocycles. The molecule has 0 amide bonds. The first-order valence-electron chi connectivity index (χ1n) is 8.86. The zero-order valence-corrected chi connectivity index (χ0v) is 15.4. The van der Waals surface area contributed by atoms with Crippen LogP contribution in [0.1, 0.15) is 58.8 Å². The fourth-order valence-corrected chi connectivity index (χ4v) is 2.37. The number of hydrogen-bond donors (Lipinski definition) is 1. The molecule has 11 nitrogen and oxygen atoms in total. The predicted octanol–water partition coefficient (Wildman–Crippen LogP) is 2.04. The first kappa shape index (κ1) is 23.8. The zero-order chi connectivity index (χ0) is 19.8. The highest BCUT2D eigenvalue weighted by Crippen LogP contribution is 2.09. The fraction of sp³-hybridized carbons (Fsp3) is 0.933. The van der Waals surface area contributed by atoms with E-state index in [4.69, 9.17) is 4.74 Å². The van der Waals surface area contributed by atoms with Crippen LogP contribution < -0.4 is 5.32 Å². The molecule has 0 saturated carbocycles. The number of nitrogens with zero attached hydrogens (tertiary/aromatic N) is 2. The van der Waals surface area contributed by atoms with E-state index in [0.29, 0.717) is 32.0 Å². The van der Waals surface area contributed by atoms with Gasteiger partial charge in [-0.05, 0) is 25.7 Å². The Kier molecular flexibility index (Phi) is 13.9. The molecule has 152 valence electrons. The summed E-state index contributed by atoms with van der Waals surface area (Å²) in [5, 5.41) is 21.7. The average Bonchev–Trinajstić information content (AvgIpc) is 2.58. The van der Waals surface area contributed by atoms with Crippen LogP contribution in [-0.4, -0.2) is 48.0 Å². The van der Waals surface area contributed by atoms with Gasteiger partial charge in [-0.15, -0.1) is 20.2 Å². The molecule has 26 heavy (non-hydrogen) atoms. The number of unbranched alkanes of at least 4 members (excludes halogenated alkanes) is 1. The van der Waals surface area contributed by atoms with Gasteiger partial charge in [0.1, 0.15) is 19.3 Å². The van der Waals surface area contributed by atoms with Crippen LogP contribution in [0.4, 0.5) is 0 Å². The highest BCUT2D eigenvalue weighted by Gasteiger charge is 2.16. The lowest BCUT2D eigenvalue weighted by atomic mass is 10.1. The molecule has 0 aliphatic rings. The standard InChI is InChI=1S/C15H29N3O8/c1-3-7-13(4-2)16-10-11-24-15(19)9-6-5-8-14(26-18(22)23)12-25-17(20)21/h13-14,16H,3-12H2,1-2H3. The Morgan fingerprint density at radius 2 is 1.85 bits per heavy atom. The summed E-state index contributed by atoms with van der Waals surface area (Å²) in [7, 11) is 0. The van der Waals surface area contributed by atoms with Crippen LogP contribution in [0, 0.1) is 20.2 Å². The quantitative estimate of drug-likeness (QED) is 0.174. The summed E-state index contributed by atoms with van der Waals surface area (Å²) in [5.74, 6) is -0.344. The normalized spacial score (nSPS) is 12.8. The minimum atomic E-state index is -1.04. The van der Waals surface area contributed by atoms with E-state index in [2.05, 4.69) is 28.8 Å². The van der Waals surface area contributed by atoms with Gasteiger partial charge in [-0.25, -0.2) is 0 Å². The van der Waals surface area contributed by atoms with Gasteiger partial charge in [-0.3, -0.25) is 4.79 Å². The molecule has 0 bridgehead atoms. The number of carbonyl (C=O) groups excluding carboxylic acids is 1. The van der Waals surface area contributed by atoms with Crippen LogP contribution in [0.2, 0.25) is 0 Å². The van der Waals surface area contributed by atoms with E-state index in [1.54, 1.807) is 0 Å². The Hall–Kier alpha value is -2.17. The van der Waals surface area contributed by atoms with Gasteiger partial charge in [0, 0.05) is 19.0 Å². The van der Waals surface area contributed by atoms with Crippen molar-refractivity contribution in [2.24, 2.45) is 0 Å². The molecule has 0 rings (SSSR count). The van der Waals surface area contributed by atoms with Gasteiger partial charge < -0.3 is 19.7 Å². The predicted molar refractivity (Wildman–Crippen MR) is 91.2 cm³/mol. The van der Waals surface area contributed by atoms with Crippen LogP contribution in [0.5, 0.6) is 0 Å². The van der Waals surface area contributed by atoms with Crippen LogP contribution in [0.15, 0.2) is 0 Å². The Morgan fingerprint density at radius 3 is 2.42 bits per heavy atom. The van der Waals surface area contributed by atoms with Crippen molar-refractivity contribution >= 4 is 5.97 Å². The van der Waals surface area contributed by atoms with E-state index in [0.717, 1.165) is 19.3 Å². The molecule has 0 aliphatic carbocycles. The van der Waals surface area contributed by atoms with E-state index in [1.165, 1.54) is 0 Å². The minimum absolute atomic E-state index is 0.166. The average molecular weight is 379 g/mol. The van der Waals surface area contributed by atoms with E-state index in [1.807, 2.05) is 0 Å². The number of ether oxygens (including phenoxy) is 1. The number of esters is 1. The molecule has 11 heteroatoms. The summed E-state index contributed by atoms with van der Waals surface area (Å²) >= 11 is 0. The van der Waals surface area contributed by atoms with Crippen molar-refractivity contribution in [1.82, 2.24) is 5.32 Å². The molecular weight excluding hydrogens is 350 g/mol. The first-order chi connectivity index (χ1) is 12.4. The number of carbonyl (C=O) groups is 1. The highest BCUT2D eigenvalue weighted by atomic mass is 17.0. The van der Waals surface area contributed by atoms with Crippen molar-refractivity contribution in [3.63, 3.8) is 0 Å². The van der Waals surface area contributed by atoms with Crippen molar-refractivity contribution in [2.75, 3.05) is 19.8 Å². The van der Waals surface area contributed by atoms with Crippen molar-refractivity contribution in [3.05, 3.63) is 20.2 Å². The number of rotatable bonds is 17. The fourth-order valence-electron chi connectivity index (χ4n) is 2.37. The van der Waals surface area contributed by atoms with Gasteiger partial charge in [-0.2, -0.15) is 0 Å². The maximum Gasteiger partial charge on any atom is 0.305 e. The smallest absolute Gasteiger partial charge is 0.305 e. The molecule has 1 N–H and O–H groups in total. The third-order valence-corrected chi connectivity index (χ3v) is 3.69. The molecular formula is C15H29N3O8. The lowest BCUT2D eigenvalue weighted by Gasteiger charge is -2.16. The van der Waals surface area contributed by atoms with Crippen LogP contribution in [-0.2, 0) is 19.2 Å². The van der Waals surface area contributed by atoms with Crippen LogP contribution >= 0.6 is 0 Å². The highest BCUT2D eigenvalue weighted by molar-refractivity contribution is 5.69. The lowest BCUT2D eigenvalue weighted by Crippen LogP contribution is -2.31. The Bertz CT molecular complexity index is 422. The maximum atomic E-state index is 11.6. The van der Waals surface area contributed by atoms with E-state index in [9.17, 15) is 25.0 Å². The molecule has 0 spiro atoms. The monoisotopic (exact) mass is 379 g/mol.